The zero-order valence-corrected chi connectivity index (χ0v) is 12.0. The molecule has 0 bridgehead atoms. The van der Waals surface area contributed by atoms with Gasteiger partial charge in [-0.1, -0.05) is 51.0 Å². The summed E-state index contributed by atoms with van der Waals surface area (Å²) in [7, 11) is 0. The van der Waals surface area contributed by atoms with Gasteiger partial charge in [-0.3, -0.25) is 4.79 Å². The van der Waals surface area contributed by atoms with E-state index in [2.05, 4.69) is 19.9 Å². The summed E-state index contributed by atoms with van der Waals surface area (Å²) >= 11 is 0. The molecule has 0 aromatic heterocycles. The van der Waals surface area contributed by atoms with E-state index in [9.17, 15) is 9.90 Å². The van der Waals surface area contributed by atoms with Gasteiger partial charge in [0.15, 0.2) is 0 Å². The largest absolute Gasteiger partial charge is 0.481 e. The standard InChI is InChI=1S/C17H24O2/c1-3-13(4-2)14-9-5-6-10-15(14)17(16(18)19)11-7-8-12-17/h5-6,9-10,13H,3-4,7-8,11-12H2,1-2H3,(H,18,19). The van der Waals surface area contributed by atoms with Gasteiger partial charge in [0.05, 0.1) is 5.41 Å². The number of hydrogen-bond acceptors (Lipinski definition) is 1. The number of carboxylic acids is 1. The minimum absolute atomic E-state index is 0.480. The topological polar surface area (TPSA) is 37.3 Å². The first-order valence-electron chi connectivity index (χ1n) is 7.48. The Kier molecular flexibility index (Phi) is 4.28. The van der Waals surface area contributed by atoms with Gasteiger partial charge >= 0.3 is 5.97 Å². The van der Waals surface area contributed by atoms with E-state index in [0.29, 0.717) is 5.92 Å². The Morgan fingerprint density at radius 2 is 1.79 bits per heavy atom. The fourth-order valence-electron chi connectivity index (χ4n) is 3.59. The molecule has 1 saturated carbocycles. The van der Waals surface area contributed by atoms with Crippen molar-refractivity contribution in [1.29, 1.82) is 0 Å². The maximum absolute atomic E-state index is 11.9. The molecule has 0 atom stereocenters. The number of benzene rings is 1. The van der Waals surface area contributed by atoms with Gasteiger partial charge in [0, 0.05) is 0 Å². The summed E-state index contributed by atoms with van der Waals surface area (Å²) in [5, 5.41) is 9.77. The second kappa shape index (κ2) is 5.77. The summed E-state index contributed by atoms with van der Waals surface area (Å²) in [4.78, 5) is 11.9. The van der Waals surface area contributed by atoms with Crippen LogP contribution in [0.2, 0.25) is 0 Å². The molecule has 104 valence electrons. The summed E-state index contributed by atoms with van der Waals surface area (Å²) in [6.45, 7) is 4.38. The van der Waals surface area contributed by atoms with Gasteiger partial charge in [0.1, 0.15) is 0 Å². The van der Waals surface area contributed by atoms with Gasteiger partial charge in [-0.15, -0.1) is 0 Å². The van der Waals surface area contributed by atoms with E-state index in [1.165, 1.54) is 5.56 Å². The number of carbonyl (C=O) groups is 1. The Morgan fingerprint density at radius 1 is 1.21 bits per heavy atom. The molecule has 1 fully saturated rings. The molecular weight excluding hydrogens is 236 g/mol. The van der Waals surface area contributed by atoms with Gasteiger partial charge in [-0.2, -0.15) is 0 Å². The van der Waals surface area contributed by atoms with Crippen LogP contribution in [0.3, 0.4) is 0 Å². The van der Waals surface area contributed by atoms with Crippen molar-refractivity contribution in [3.05, 3.63) is 35.4 Å². The quantitative estimate of drug-likeness (QED) is 0.847. The lowest BCUT2D eigenvalue weighted by molar-refractivity contribution is -0.143. The highest BCUT2D eigenvalue weighted by atomic mass is 16.4. The minimum atomic E-state index is -0.636. The van der Waals surface area contributed by atoms with Crippen LogP contribution in [0.4, 0.5) is 0 Å². The van der Waals surface area contributed by atoms with Gasteiger partial charge in [-0.25, -0.2) is 0 Å². The third-order valence-corrected chi connectivity index (χ3v) is 4.77. The predicted molar refractivity (Wildman–Crippen MR) is 77.5 cm³/mol. The monoisotopic (exact) mass is 260 g/mol. The first kappa shape index (κ1) is 14.1. The van der Waals surface area contributed by atoms with Gasteiger partial charge < -0.3 is 5.11 Å². The molecule has 0 heterocycles. The van der Waals surface area contributed by atoms with Crippen LogP contribution in [0, 0.1) is 0 Å². The summed E-state index contributed by atoms with van der Waals surface area (Å²) in [5.74, 6) is -0.156. The molecule has 2 nitrogen and oxygen atoms in total. The van der Waals surface area contributed by atoms with E-state index >= 15 is 0 Å². The molecule has 0 saturated heterocycles. The Balaban J connectivity index is 2.52. The molecule has 1 aromatic rings. The number of rotatable bonds is 5. The van der Waals surface area contributed by atoms with Crippen LogP contribution in [0.25, 0.3) is 0 Å². The fourth-order valence-corrected chi connectivity index (χ4v) is 3.59. The molecule has 1 N–H and O–H groups in total. The first-order chi connectivity index (χ1) is 9.15. The lowest BCUT2D eigenvalue weighted by Gasteiger charge is -2.29. The lowest BCUT2D eigenvalue weighted by atomic mass is 9.73. The normalized spacial score (nSPS) is 17.8. The molecule has 0 unspecified atom stereocenters. The van der Waals surface area contributed by atoms with Crippen LogP contribution in [0.5, 0.6) is 0 Å². The molecule has 2 heteroatoms. The minimum Gasteiger partial charge on any atom is -0.481 e. The zero-order chi connectivity index (χ0) is 13.9. The van der Waals surface area contributed by atoms with Crippen molar-refractivity contribution in [2.45, 2.75) is 63.7 Å². The number of aliphatic carboxylic acids is 1. The first-order valence-corrected chi connectivity index (χ1v) is 7.48. The Hall–Kier alpha value is -1.31. The fraction of sp³-hybridized carbons (Fsp3) is 0.588. The molecular formula is C17H24O2. The second-order valence-corrected chi connectivity index (χ2v) is 5.70. The predicted octanol–water partition coefficient (Wildman–Crippen LogP) is 4.49. The Labute approximate surface area is 115 Å². The molecule has 0 spiro atoms. The van der Waals surface area contributed by atoms with Crippen molar-refractivity contribution in [1.82, 2.24) is 0 Å². The molecule has 1 aliphatic rings. The van der Waals surface area contributed by atoms with Crippen LogP contribution < -0.4 is 0 Å². The molecule has 0 aliphatic heterocycles. The van der Waals surface area contributed by atoms with E-state index < -0.39 is 11.4 Å². The average molecular weight is 260 g/mol. The van der Waals surface area contributed by atoms with Crippen LogP contribution in [0.1, 0.15) is 69.4 Å². The van der Waals surface area contributed by atoms with Gasteiger partial charge in [-0.05, 0) is 42.7 Å². The lowest BCUT2D eigenvalue weighted by Crippen LogP contribution is -2.34. The molecule has 1 aliphatic carbocycles. The average Bonchev–Trinajstić information content (AvgIpc) is 2.91. The summed E-state index contributed by atoms with van der Waals surface area (Å²) in [6, 6.07) is 8.22. The van der Waals surface area contributed by atoms with E-state index in [0.717, 1.165) is 44.1 Å². The van der Waals surface area contributed by atoms with E-state index in [1.807, 2.05) is 18.2 Å². The maximum atomic E-state index is 11.9. The van der Waals surface area contributed by atoms with Crippen LogP contribution >= 0.6 is 0 Å². The van der Waals surface area contributed by atoms with Crippen molar-refractivity contribution in [3.63, 3.8) is 0 Å². The maximum Gasteiger partial charge on any atom is 0.314 e. The Bertz CT molecular complexity index is 440. The molecule has 19 heavy (non-hydrogen) atoms. The van der Waals surface area contributed by atoms with E-state index in [1.54, 1.807) is 0 Å². The van der Waals surface area contributed by atoms with Crippen LogP contribution in [-0.2, 0) is 10.2 Å². The third kappa shape index (κ3) is 2.41. The number of hydrogen-bond donors (Lipinski definition) is 1. The third-order valence-electron chi connectivity index (χ3n) is 4.77. The van der Waals surface area contributed by atoms with Crippen molar-refractivity contribution in [3.8, 4) is 0 Å². The van der Waals surface area contributed by atoms with E-state index in [4.69, 9.17) is 0 Å². The summed E-state index contributed by atoms with van der Waals surface area (Å²) in [5.41, 5.74) is 1.71. The summed E-state index contributed by atoms with van der Waals surface area (Å²) in [6.07, 6.45) is 5.79. The number of carboxylic acid groups (broad SMARTS) is 1. The van der Waals surface area contributed by atoms with Crippen LogP contribution in [-0.4, -0.2) is 11.1 Å². The Morgan fingerprint density at radius 3 is 2.32 bits per heavy atom. The molecule has 0 amide bonds. The van der Waals surface area contributed by atoms with Gasteiger partial charge in [0.2, 0.25) is 0 Å². The second-order valence-electron chi connectivity index (χ2n) is 5.70. The highest BCUT2D eigenvalue weighted by Gasteiger charge is 2.44. The molecule has 0 radical (unpaired) electrons. The highest BCUT2D eigenvalue weighted by molar-refractivity contribution is 5.82. The summed E-state index contributed by atoms with van der Waals surface area (Å²) < 4.78 is 0. The SMILES string of the molecule is CCC(CC)c1ccccc1C1(C(=O)O)CCCC1. The molecule has 2 rings (SSSR count). The van der Waals surface area contributed by atoms with Crippen LogP contribution in [0.15, 0.2) is 24.3 Å². The van der Waals surface area contributed by atoms with E-state index in [-0.39, 0.29) is 0 Å². The van der Waals surface area contributed by atoms with Gasteiger partial charge in [0.25, 0.3) is 0 Å². The van der Waals surface area contributed by atoms with Crippen molar-refractivity contribution in [2.24, 2.45) is 0 Å². The molecule has 1 aromatic carbocycles. The highest BCUT2D eigenvalue weighted by Crippen LogP contribution is 2.44. The van der Waals surface area contributed by atoms with Crippen molar-refractivity contribution >= 4 is 5.97 Å². The zero-order valence-electron chi connectivity index (χ0n) is 12.0. The van der Waals surface area contributed by atoms with Crippen molar-refractivity contribution in [2.75, 3.05) is 0 Å². The van der Waals surface area contributed by atoms with Crippen molar-refractivity contribution < 1.29 is 9.90 Å². The smallest absolute Gasteiger partial charge is 0.314 e.